The molecule has 3 fully saturated rings. The lowest BCUT2D eigenvalue weighted by Crippen LogP contribution is -2.47. The van der Waals surface area contributed by atoms with Gasteiger partial charge in [-0.1, -0.05) is 0 Å². The largest absolute Gasteiger partial charge is 0.393 e. The number of aliphatic hydroxyl groups excluding tert-OH is 1. The zero-order valence-electron chi connectivity index (χ0n) is 11.3. The second-order valence-corrected chi connectivity index (χ2v) is 6.42. The van der Waals surface area contributed by atoms with Gasteiger partial charge in [0.15, 0.2) is 0 Å². The molecule has 1 spiro atoms. The van der Waals surface area contributed by atoms with Gasteiger partial charge in [0.1, 0.15) is 0 Å². The van der Waals surface area contributed by atoms with Crippen molar-refractivity contribution in [2.75, 3.05) is 13.2 Å². The molecule has 18 heavy (non-hydrogen) atoms. The van der Waals surface area contributed by atoms with Crippen molar-refractivity contribution >= 4 is 0 Å². The zero-order valence-corrected chi connectivity index (χ0v) is 11.3. The first kappa shape index (κ1) is 12.9. The Kier molecular flexibility index (Phi) is 3.92. The lowest BCUT2D eigenvalue weighted by Gasteiger charge is -2.48. The molecule has 1 N–H and O–H groups in total. The highest BCUT2D eigenvalue weighted by atomic mass is 16.5. The topological polar surface area (TPSA) is 38.7 Å². The SMILES string of the molecule is OC(CCC1CCCO1)C1CCOC2(CCC2)C1. The molecule has 0 amide bonds. The minimum absolute atomic E-state index is 0.143. The predicted octanol–water partition coefficient (Wildman–Crippen LogP) is 2.66. The Bertz CT molecular complexity index is 269. The highest BCUT2D eigenvalue weighted by Crippen LogP contribution is 2.45. The van der Waals surface area contributed by atoms with Gasteiger partial charge >= 0.3 is 0 Å². The van der Waals surface area contributed by atoms with Crippen LogP contribution >= 0.6 is 0 Å². The molecule has 104 valence electrons. The fourth-order valence-corrected chi connectivity index (χ4v) is 3.78. The Labute approximate surface area is 110 Å². The monoisotopic (exact) mass is 254 g/mol. The van der Waals surface area contributed by atoms with Gasteiger partial charge in [0.05, 0.1) is 17.8 Å². The minimum atomic E-state index is -0.143. The second-order valence-electron chi connectivity index (χ2n) is 6.42. The summed E-state index contributed by atoms with van der Waals surface area (Å²) in [6.45, 7) is 1.77. The molecule has 0 aromatic heterocycles. The average molecular weight is 254 g/mol. The first-order valence-electron chi connectivity index (χ1n) is 7.71. The molecular weight excluding hydrogens is 228 g/mol. The molecule has 0 radical (unpaired) electrons. The normalized spacial score (nSPS) is 36.5. The van der Waals surface area contributed by atoms with Crippen LogP contribution in [0.3, 0.4) is 0 Å². The maximum Gasteiger partial charge on any atom is 0.0686 e. The molecule has 1 saturated carbocycles. The molecule has 3 rings (SSSR count). The number of rotatable bonds is 4. The van der Waals surface area contributed by atoms with Gasteiger partial charge in [-0.15, -0.1) is 0 Å². The summed E-state index contributed by atoms with van der Waals surface area (Å²) in [4.78, 5) is 0. The maximum absolute atomic E-state index is 10.4. The third-order valence-electron chi connectivity index (χ3n) is 5.15. The Hall–Kier alpha value is -0.120. The quantitative estimate of drug-likeness (QED) is 0.838. The highest BCUT2D eigenvalue weighted by molar-refractivity contribution is 4.95. The van der Waals surface area contributed by atoms with Crippen LogP contribution < -0.4 is 0 Å². The van der Waals surface area contributed by atoms with E-state index in [1.807, 2.05) is 0 Å². The third-order valence-corrected chi connectivity index (χ3v) is 5.15. The Morgan fingerprint density at radius 2 is 2.06 bits per heavy atom. The van der Waals surface area contributed by atoms with Gasteiger partial charge in [0.25, 0.3) is 0 Å². The number of hydrogen-bond donors (Lipinski definition) is 1. The zero-order chi connectivity index (χ0) is 12.4. The summed E-state index contributed by atoms with van der Waals surface area (Å²) in [7, 11) is 0. The van der Waals surface area contributed by atoms with Crippen molar-refractivity contribution in [3.8, 4) is 0 Å². The summed E-state index contributed by atoms with van der Waals surface area (Å²) < 4.78 is 11.6. The molecule has 3 unspecified atom stereocenters. The van der Waals surface area contributed by atoms with Crippen LogP contribution in [0.2, 0.25) is 0 Å². The van der Waals surface area contributed by atoms with E-state index in [9.17, 15) is 5.11 Å². The molecule has 0 bridgehead atoms. The number of hydrogen-bond acceptors (Lipinski definition) is 3. The maximum atomic E-state index is 10.4. The van der Waals surface area contributed by atoms with Crippen LogP contribution in [0, 0.1) is 5.92 Å². The summed E-state index contributed by atoms with van der Waals surface area (Å²) in [5, 5.41) is 10.4. The van der Waals surface area contributed by atoms with Crippen LogP contribution in [-0.2, 0) is 9.47 Å². The van der Waals surface area contributed by atoms with E-state index in [4.69, 9.17) is 9.47 Å². The van der Waals surface area contributed by atoms with Crippen molar-refractivity contribution in [1.29, 1.82) is 0 Å². The first-order chi connectivity index (χ1) is 8.77. The summed E-state index contributed by atoms with van der Waals surface area (Å²) in [6.07, 6.45) is 10.4. The Morgan fingerprint density at radius 1 is 1.17 bits per heavy atom. The number of ether oxygens (including phenoxy) is 2. The third kappa shape index (κ3) is 2.73. The summed E-state index contributed by atoms with van der Waals surface area (Å²) in [5.74, 6) is 0.459. The standard InChI is InChI=1S/C15H26O3/c16-14(5-4-13-3-1-9-17-13)12-6-10-18-15(11-12)7-2-8-15/h12-14,16H,1-11H2. The van der Waals surface area contributed by atoms with Crippen molar-refractivity contribution in [3.63, 3.8) is 0 Å². The molecule has 3 atom stereocenters. The summed E-state index contributed by atoms with van der Waals surface area (Å²) in [5.41, 5.74) is 0.160. The van der Waals surface area contributed by atoms with Crippen LogP contribution in [0.4, 0.5) is 0 Å². The molecule has 3 aliphatic rings. The lowest BCUT2D eigenvalue weighted by molar-refractivity contribution is -0.157. The van der Waals surface area contributed by atoms with Crippen molar-refractivity contribution < 1.29 is 14.6 Å². The van der Waals surface area contributed by atoms with Crippen molar-refractivity contribution in [2.45, 2.75) is 75.6 Å². The van der Waals surface area contributed by atoms with E-state index in [0.717, 1.165) is 38.9 Å². The molecule has 2 saturated heterocycles. The van der Waals surface area contributed by atoms with Crippen LogP contribution in [0.1, 0.15) is 57.8 Å². The average Bonchev–Trinajstić information content (AvgIpc) is 2.87. The van der Waals surface area contributed by atoms with Gasteiger partial charge in [-0.3, -0.25) is 0 Å². The van der Waals surface area contributed by atoms with Crippen molar-refractivity contribution in [3.05, 3.63) is 0 Å². The van der Waals surface area contributed by atoms with Crippen LogP contribution in [0.5, 0.6) is 0 Å². The van der Waals surface area contributed by atoms with E-state index < -0.39 is 0 Å². The minimum Gasteiger partial charge on any atom is -0.393 e. The molecular formula is C15H26O3. The molecule has 2 aliphatic heterocycles. The lowest BCUT2D eigenvalue weighted by atomic mass is 9.70. The molecule has 3 heteroatoms. The van der Waals surface area contributed by atoms with Gasteiger partial charge in [0.2, 0.25) is 0 Å². The fourth-order valence-electron chi connectivity index (χ4n) is 3.78. The second kappa shape index (κ2) is 5.48. The smallest absolute Gasteiger partial charge is 0.0686 e. The highest BCUT2D eigenvalue weighted by Gasteiger charge is 2.44. The Balaban J connectivity index is 1.44. The van der Waals surface area contributed by atoms with E-state index in [0.29, 0.717) is 12.0 Å². The van der Waals surface area contributed by atoms with E-state index in [-0.39, 0.29) is 11.7 Å². The number of aliphatic hydroxyl groups is 1. The summed E-state index contributed by atoms with van der Waals surface area (Å²) >= 11 is 0. The van der Waals surface area contributed by atoms with Gasteiger partial charge in [-0.05, 0) is 63.7 Å². The fraction of sp³-hybridized carbons (Fsp3) is 1.00. The van der Waals surface area contributed by atoms with Crippen LogP contribution in [0.25, 0.3) is 0 Å². The molecule has 0 aromatic carbocycles. The van der Waals surface area contributed by atoms with Gasteiger partial charge in [0, 0.05) is 13.2 Å². The van der Waals surface area contributed by atoms with Gasteiger partial charge < -0.3 is 14.6 Å². The van der Waals surface area contributed by atoms with E-state index >= 15 is 0 Å². The van der Waals surface area contributed by atoms with E-state index in [1.54, 1.807) is 0 Å². The predicted molar refractivity (Wildman–Crippen MR) is 69.5 cm³/mol. The Morgan fingerprint density at radius 3 is 2.72 bits per heavy atom. The summed E-state index contributed by atoms with van der Waals surface area (Å²) in [6, 6.07) is 0. The van der Waals surface area contributed by atoms with E-state index in [1.165, 1.54) is 32.1 Å². The van der Waals surface area contributed by atoms with Crippen molar-refractivity contribution in [2.24, 2.45) is 5.92 Å². The van der Waals surface area contributed by atoms with Gasteiger partial charge in [-0.25, -0.2) is 0 Å². The molecule has 2 heterocycles. The van der Waals surface area contributed by atoms with Gasteiger partial charge in [-0.2, -0.15) is 0 Å². The van der Waals surface area contributed by atoms with Crippen LogP contribution in [-0.4, -0.2) is 36.1 Å². The molecule has 3 nitrogen and oxygen atoms in total. The van der Waals surface area contributed by atoms with Crippen molar-refractivity contribution in [1.82, 2.24) is 0 Å². The first-order valence-corrected chi connectivity index (χ1v) is 7.71. The van der Waals surface area contributed by atoms with Crippen LogP contribution in [0.15, 0.2) is 0 Å². The van der Waals surface area contributed by atoms with E-state index in [2.05, 4.69) is 0 Å². The molecule has 1 aliphatic carbocycles. The molecule has 0 aromatic rings.